The molecule has 2 aromatic rings. The van der Waals surface area contributed by atoms with Crippen molar-refractivity contribution in [2.45, 2.75) is 146 Å². The zero-order valence-electron chi connectivity index (χ0n) is 34.3. The first-order chi connectivity index (χ1) is 28.3. The summed E-state index contributed by atoms with van der Waals surface area (Å²) >= 11 is 0. The van der Waals surface area contributed by atoms with Gasteiger partial charge in [0, 0.05) is 6.42 Å². The molecule has 60 heavy (non-hydrogen) atoms. The quantitative estimate of drug-likeness (QED) is 0.364. The van der Waals surface area contributed by atoms with Crippen molar-refractivity contribution in [2.24, 2.45) is 29.1 Å². The van der Waals surface area contributed by atoms with Crippen molar-refractivity contribution in [1.82, 2.24) is 30.2 Å². The number of sulfonamides is 1. The largest absolute Gasteiger partial charge is 0.471 e. The number of benzene rings is 1. The van der Waals surface area contributed by atoms with Gasteiger partial charge in [0.25, 0.3) is 5.91 Å². The molecule has 1 aromatic carbocycles. The standard InChI is InChI=1S/C42H53F2N7O8S/c1-40(2,3)33-37(53)51-21-24(18-31(51)35(52)49-42(19-27(42)34(43)44)38(54)50-60(56,57)41(4)14-15-41)58-36-29(46-28-13-10-22(20-45)16-30(28)47-36)9-7-5-6-8-26-25-12-11-23(25)17-32(26)59-39(55)48-33/h10,13,16,23-27,31-34H,5-9,11-12,14-15,17-19,21H2,1-4H3,(H,48,55)(H,49,52)(H,50,54)/t23-,24+,25-,26+,27-,31-,32+,33+,42+/m0/s1. The summed E-state index contributed by atoms with van der Waals surface area (Å²) < 4.78 is 68.0. The molecule has 3 heterocycles. The van der Waals surface area contributed by atoms with Crippen LogP contribution in [-0.2, 0) is 35.6 Å². The number of ether oxygens (including phenoxy) is 2. The molecule has 2 bridgehead atoms. The molecule has 1 saturated heterocycles. The third-order valence-corrected chi connectivity index (χ3v) is 16.1. The molecule has 5 fully saturated rings. The Bertz CT molecular complexity index is 2240. The van der Waals surface area contributed by atoms with Crippen LogP contribution in [0.1, 0.15) is 110 Å². The maximum Gasteiger partial charge on any atom is 0.408 e. The van der Waals surface area contributed by atoms with Gasteiger partial charge in [-0.2, -0.15) is 5.26 Å². The molecule has 3 N–H and O–H groups in total. The number of nitriles is 1. The molecular weight excluding hydrogens is 801 g/mol. The highest BCUT2D eigenvalue weighted by atomic mass is 32.2. The minimum atomic E-state index is -4.25. The summed E-state index contributed by atoms with van der Waals surface area (Å²) in [7, 11) is -4.25. The highest BCUT2D eigenvalue weighted by Gasteiger charge is 2.67. The molecule has 1 aromatic heterocycles. The fraction of sp³-hybridized carbons (Fsp3) is 0.690. The van der Waals surface area contributed by atoms with E-state index in [0.717, 1.165) is 44.9 Å². The lowest BCUT2D eigenvalue weighted by Crippen LogP contribution is -2.60. The Hall–Kier alpha value is -4.66. The molecule has 0 radical (unpaired) electrons. The normalized spacial score (nSPS) is 32.7. The number of carbonyl (C=O) groups is 4. The summed E-state index contributed by atoms with van der Waals surface area (Å²) in [6.07, 6.45) is 1.68. The lowest BCUT2D eigenvalue weighted by molar-refractivity contribution is -0.143. The molecule has 0 unspecified atom stereocenters. The minimum absolute atomic E-state index is 0.161. The Morgan fingerprint density at radius 3 is 2.45 bits per heavy atom. The van der Waals surface area contributed by atoms with Crippen LogP contribution >= 0.6 is 0 Å². The molecule has 0 spiro atoms. The summed E-state index contributed by atoms with van der Waals surface area (Å²) in [5.41, 5.74) is -1.28. The third kappa shape index (κ3) is 7.86. The number of nitrogens with zero attached hydrogens (tertiary/aromatic N) is 4. The van der Waals surface area contributed by atoms with Gasteiger partial charge < -0.3 is 25.0 Å². The van der Waals surface area contributed by atoms with Gasteiger partial charge in [0.15, 0.2) is 0 Å². The topological polar surface area (TPSA) is 210 Å². The number of amides is 4. The summed E-state index contributed by atoms with van der Waals surface area (Å²) in [5, 5.41) is 14.8. The number of halogens is 2. The number of carbonyl (C=O) groups excluding carboxylic acids is 4. The van der Waals surface area contributed by atoms with Crippen LogP contribution in [0.3, 0.4) is 0 Å². The van der Waals surface area contributed by atoms with E-state index < -0.39 is 86.5 Å². The number of fused-ring (bicyclic) bond motifs is 7. The van der Waals surface area contributed by atoms with Crippen LogP contribution in [0.25, 0.3) is 11.0 Å². The Kier molecular flexibility index (Phi) is 10.8. The van der Waals surface area contributed by atoms with Gasteiger partial charge in [-0.25, -0.2) is 32.0 Å². The Morgan fingerprint density at radius 1 is 1.03 bits per heavy atom. The van der Waals surface area contributed by atoms with E-state index in [9.17, 15) is 41.6 Å². The molecule has 15 nitrogen and oxygen atoms in total. The number of aryl methyl sites for hydroxylation is 1. The van der Waals surface area contributed by atoms with Crippen molar-refractivity contribution in [2.75, 3.05) is 6.54 Å². The van der Waals surface area contributed by atoms with E-state index in [-0.39, 0.29) is 43.7 Å². The van der Waals surface area contributed by atoms with Crippen molar-refractivity contribution >= 4 is 44.9 Å². The SMILES string of the molecule is CC(C)(C)[C@@H]1NC(=O)O[C@@H]2C[C@@H]3CC[C@@H]3[C@H]2CCCCCc2nc3ccc(C#N)cc3nc2O[C@@H]2C[C@@H](C(=O)N[C@]3(C(=O)NS(=O)(=O)C4(C)CC4)C[C@H]3C(F)F)N(C2)C1=O. The summed E-state index contributed by atoms with van der Waals surface area (Å²) in [6, 6.07) is 4.45. The highest BCUT2D eigenvalue weighted by Crippen LogP contribution is 2.53. The van der Waals surface area contributed by atoms with E-state index in [4.69, 9.17) is 19.4 Å². The Balaban J connectivity index is 1.13. The van der Waals surface area contributed by atoms with E-state index in [2.05, 4.69) is 16.7 Å². The molecule has 9 atom stereocenters. The lowest BCUT2D eigenvalue weighted by Gasteiger charge is -2.36. The van der Waals surface area contributed by atoms with Gasteiger partial charge in [0.1, 0.15) is 35.5 Å². The van der Waals surface area contributed by atoms with Gasteiger partial charge in [-0.3, -0.25) is 19.1 Å². The van der Waals surface area contributed by atoms with Crippen molar-refractivity contribution in [1.29, 1.82) is 5.26 Å². The highest BCUT2D eigenvalue weighted by molar-refractivity contribution is 7.91. The molecular formula is C42H53F2N7O8S. The summed E-state index contributed by atoms with van der Waals surface area (Å²) in [4.78, 5) is 67.4. The fourth-order valence-electron chi connectivity index (χ4n) is 9.76. The maximum absolute atomic E-state index is 14.8. The van der Waals surface area contributed by atoms with Gasteiger partial charge in [-0.15, -0.1) is 0 Å². The first kappa shape index (κ1) is 42.0. The number of aromatic nitrogens is 2. The zero-order chi connectivity index (χ0) is 42.9. The predicted octanol–water partition coefficient (Wildman–Crippen LogP) is 4.66. The van der Waals surface area contributed by atoms with Crippen LogP contribution in [0.5, 0.6) is 5.88 Å². The van der Waals surface area contributed by atoms with Gasteiger partial charge in [-0.1, -0.05) is 33.6 Å². The van der Waals surface area contributed by atoms with E-state index in [1.54, 1.807) is 39.0 Å². The van der Waals surface area contributed by atoms with Crippen molar-refractivity contribution in [3.8, 4) is 11.9 Å². The monoisotopic (exact) mass is 853 g/mol. The molecule has 18 heteroatoms. The van der Waals surface area contributed by atoms with Crippen LogP contribution in [0, 0.1) is 40.4 Å². The summed E-state index contributed by atoms with van der Waals surface area (Å²) in [6.45, 7) is 6.51. The average Bonchev–Trinajstić information content (AvgIpc) is 4.05. The van der Waals surface area contributed by atoms with Gasteiger partial charge in [-0.05, 0) is 106 Å². The second-order valence-corrected chi connectivity index (χ2v) is 21.3. The fourth-order valence-corrected chi connectivity index (χ4v) is 11.1. The second-order valence-electron chi connectivity index (χ2n) is 19.2. The average molecular weight is 854 g/mol. The van der Waals surface area contributed by atoms with E-state index in [1.807, 2.05) is 4.72 Å². The number of hydrogen-bond donors (Lipinski definition) is 3. The number of rotatable bonds is 6. The molecule has 6 aliphatic rings. The minimum Gasteiger partial charge on any atom is -0.471 e. The van der Waals surface area contributed by atoms with Crippen LogP contribution in [0.15, 0.2) is 18.2 Å². The Labute approximate surface area is 348 Å². The molecule has 4 aliphatic carbocycles. The van der Waals surface area contributed by atoms with E-state index in [1.165, 1.54) is 11.8 Å². The number of hydrogen-bond acceptors (Lipinski definition) is 11. The molecule has 324 valence electrons. The second kappa shape index (κ2) is 15.4. The zero-order valence-corrected chi connectivity index (χ0v) is 35.2. The van der Waals surface area contributed by atoms with E-state index in [0.29, 0.717) is 40.5 Å². The maximum atomic E-state index is 14.8. The third-order valence-electron chi connectivity index (χ3n) is 14.0. The first-order valence-electron chi connectivity index (χ1n) is 21.1. The van der Waals surface area contributed by atoms with Crippen molar-refractivity contribution in [3.05, 3.63) is 29.5 Å². The Morgan fingerprint density at radius 2 is 1.80 bits per heavy atom. The molecule has 2 aliphatic heterocycles. The van der Waals surface area contributed by atoms with Gasteiger partial charge in [0.2, 0.25) is 34.1 Å². The van der Waals surface area contributed by atoms with Crippen molar-refractivity contribution < 1.29 is 45.9 Å². The van der Waals surface area contributed by atoms with Crippen LogP contribution in [0.4, 0.5) is 13.6 Å². The van der Waals surface area contributed by atoms with Crippen molar-refractivity contribution in [3.63, 3.8) is 0 Å². The number of nitrogens with one attached hydrogen (secondary N) is 3. The predicted molar refractivity (Wildman–Crippen MR) is 212 cm³/mol. The first-order valence-corrected chi connectivity index (χ1v) is 22.6. The van der Waals surface area contributed by atoms with Gasteiger partial charge >= 0.3 is 6.09 Å². The summed E-state index contributed by atoms with van der Waals surface area (Å²) in [5.74, 6) is -3.27. The number of alkyl halides is 2. The van der Waals surface area contributed by atoms with Crippen LogP contribution in [-0.4, -0.2) is 94.6 Å². The van der Waals surface area contributed by atoms with Gasteiger partial charge in [0.05, 0.1) is 39.9 Å². The molecule has 8 rings (SSSR count). The van der Waals surface area contributed by atoms with Crippen LogP contribution < -0.4 is 20.1 Å². The van der Waals surface area contributed by atoms with E-state index >= 15 is 0 Å². The molecule has 4 saturated carbocycles. The van der Waals surface area contributed by atoms with Crippen LogP contribution in [0.2, 0.25) is 0 Å². The lowest BCUT2D eigenvalue weighted by atomic mass is 9.71. The number of alkyl carbamates (subject to hydrolysis) is 1. The molecule has 4 amide bonds. The smallest absolute Gasteiger partial charge is 0.408 e.